The molecule has 1 aromatic heterocycles. The predicted molar refractivity (Wildman–Crippen MR) is 118 cm³/mol. The van der Waals surface area contributed by atoms with Crippen LogP contribution in [0, 0.1) is 0 Å². The molecular formula is C25H22N2O4. The Labute approximate surface area is 179 Å². The molecule has 31 heavy (non-hydrogen) atoms. The lowest BCUT2D eigenvalue weighted by atomic mass is 9.98. The van der Waals surface area contributed by atoms with Crippen molar-refractivity contribution in [3.05, 3.63) is 102 Å². The third kappa shape index (κ3) is 4.59. The van der Waals surface area contributed by atoms with E-state index in [1.165, 1.54) is 0 Å². The van der Waals surface area contributed by atoms with Gasteiger partial charge in [0, 0.05) is 17.1 Å². The lowest BCUT2D eigenvalue weighted by Crippen LogP contribution is -2.33. The number of esters is 1. The van der Waals surface area contributed by atoms with Gasteiger partial charge in [0.15, 0.2) is 6.61 Å². The molecule has 0 saturated carbocycles. The van der Waals surface area contributed by atoms with E-state index in [2.05, 4.69) is 10.3 Å². The van der Waals surface area contributed by atoms with Crippen molar-refractivity contribution in [2.24, 2.45) is 0 Å². The second-order valence-corrected chi connectivity index (χ2v) is 7.01. The summed E-state index contributed by atoms with van der Waals surface area (Å²) < 4.78 is 10.5. The Morgan fingerprint density at radius 1 is 0.903 bits per heavy atom. The highest BCUT2D eigenvalue weighted by Crippen LogP contribution is 2.24. The third-order valence-corrected chi connectivity index (χ3v) is 5.03. The summed E-state index contributed by atoms with van der Waals surface area (Å²) in [5.41, 5.74) is 3.05. The Bertz CT molecular complexity index is 1180. The highest BCUT2D eigenvalue weighted by molar-refractivity contribution is 6.04. The molecule has 0 fully saturated rings. The molecule has 0 aliphatic carbocycles. The van der Waals surface area contributed by atoms with Gasteiger partial charge in [-0.1, -0.05) is 60.7 Å². The van der Waals surface area contributed by atoms with E-state index in [0.29, 0.717) is 5.56 Å². The number of aromatic nitrogens is 1. The number of rotatable bonds is 7. The van der Waals surface area contributed by atoms with E-state index in [1.807, 2.05) is 78.9 Å². The monoisotopic (exact) mass is 414 g/mol. The minimum atomic E-state index is -0.548. The van der Waals surface area contributed by atoms with Crippen LogP contribution in [-0.2, 0) is 9.53 Å². The first-order valence-electron chi connectivity index (χ1n) is 9.87. The van der Waals surface area contributed by atoms with Crippen LogP contribution in [-0.4, -0.2) is 30.6 Å². The first kappa shape index (κ1) is 20.2. The van der Waals surface area contributed by atoms with Gasteiger partial charge in [-0.05, 0) is 29.3 Å². The van der Waals surface area contributed by atoms with Crippen molar-refractivity contribution >= 4 is 22.8 Å². The molecule has 0 saturated heterocycles. The number of benzene rings is 3. The molecule has 1 atom stereocenters. The van der Waals surface area contributed by atoms with Gasteiger partial charge in [0.05, 0.1) is 18.7 Å². The van der Waals surface area contributed by atoms with E-state index in [0.717, 1.165) is 27.8 Å². The van der Waals surface area contributed by atoms with E-state index >= 15 is 0 Å². The number of hydrogen-bond acceptors (Lipinski definition) is 4. The van der Waals surface area contributed by atoms with Crippen molar-refractivity contribution in [2.75, 3.05) is 13.7 Å². The van der Waals surface area contributed by atoms with Crippen molar-refractivity contribution in [3.8, 4) is 5.75 Å². The van der Waals surface area contributed by atoms with Gasteiger partial charge >= 0.3 is 5.97 Å². The average Bonchev–Trinajstić information content (AvgIpc) is 3.26. The van der Waals surface area contributed by atoms with Crippen molar-refractivity contribution in [1.82, 2.24) is 10.3 Å². The quantitative estimate of drug-likeness (QED) is 0.443. The van der Waals surface area contributed by atoms with E-state index in [-0.39, 0.29) is 12.6 Å². The molecule has 4 rings (SSSR count). The zero-order chi connectivity index (χ0) is 21.6. The lowest BCUT2D eigenvalue weighted by Gasteiger charge is -2.20. The van der Waals surface area contributed by atoms with Crippen LogP contribution in [0.5, 0.6) is 5.75 Å². The molecule has 0 spiro atoms. The second kappa shape index (κ2) is 9.17. The maximum Gasteiger partial charge on any atom is 0.340 e. The minimum Gasteiger partial charge on any atom is -0.497 e. The molecule has 1 amide bonds. The number of fused-ring (bicyclic) bond motifs is 1. The normalized spacial score (nSPS) is 11.6. The Morgan fingerprint density at radius 3 is 2.32 bits per heavy atom. The van der Waals surface area contributed by atoms with E-state index in [1.54, 1.807) is 13.3 Å². The zero-order valence-corrected chi connectivity index (χ0v) is 17.0. The van der Waals surface area contributed by atoms with E-state index in [4.69, 9.17) is 9.47 Å². The number of nitrogens with one attached hydrogen (secondary N) is 2. The van der Waals surface area contributed by atoms with Crippen LogP contribution in [0.1, 0.15) is 27.5 Å². The lowest BCUT2D eigenvalue weighted by molar-refractivity contribution is -0.124. The molecular weight excluding hydrogens is 392 g/mol. The summed E-state index contributed by atoms with van der Waals surface area (Å²) in [6, 6.07) is 24.1. The summed E-state index contributed by atoms with van der Waals surface area (Å²) >= 11 is 0. The Hall–Kier alpha value is -4.06. The van der Waals surface area contributed by atoms with Crippen molar-refractivity contribution < 1.29 is 19.1 Å². The first-order chi connectivity index (χ1) is 15.2. The van der Waals surface area contributed by atoms with Crippen LogP contribution in [0.2, 0.25) is 0 Å². The molecule has 4 aromatic rings. The Kier molecular flexibility index (Phi) is 5.98. The Balaban J connectivity index is 1.46. The number of ether oxygens (including phenoxy) is 2. The van der Waals surface area contributed by atoms with Crippen molar-refractivity contribution in [1.29, 1.82) is 0 Å². The molecule has 2 N–H and O–H groups in total. The Morgan fingerprint density at radius 2 is 1.58 bits per heavy atom. The van der Waals surface area contributed by atoms with Gasteiger partial charge in [-0.25, -0.2) is 4.79 Å². The number of para-hydroxylation sites is 1. The number of carbonyl (C=O) groups is 2. The zero-order valence-electron chi connectivity index (χ0n) is 17.0. The van der Waals surface area contributed by atoms with Crippen LogP contribution in [0.4, 0.5) is 0 Å². The summed E-state index contributed by atoms with van der Waals surface area (Å²) in [5, 5.41) is 3.72. The predicted octanol–water partition coefficient (Wildman–Crippen LogP) is 4.24. The number of amides is 1. The largest absolute Gasteiger partial charge is 0.497 e. The summed E-state index contributed by atoms with van der Waals surface area (Å²) in [4.78, 5) is 28.2. The van der Waals surface area contributed by atoms with Gasteiger partial charge in [-0.15, -0.1) is 0 Å². The fraction of sp³-hybridized carbons (Fsp3) is 0.120. The number of hydrogen-bond donors (Lipinski definition) is 2. The van der Waals surface area contributed by atoms with Crippen LogP contribution in [0.25, 0.3) is 10.9 Å². The smallest absolute Gasteiger partial charge is 0.340 e. The molecule has 6 heteroatoms. The molecule has 1 heterocycles. The van der Waals surface area contributed by atoms with E-state index in [9.17, 15) is 9.59 Å². The third-order valence-electron chi connectivity index (χ3n) is 5.03. The summed E-state index contributed by atoms with van der Waals surface area (Å²) in [5.74, 6) is -0.208. The molecule has 6 nitrogen and oxygen atoms in total. The van der Waals surface area contributed by atoms with Gasteiger partial charge in [-0.2, -0.15) is 0 Å². The minimum absolute atomic E-state index is 0.377. The van der Waals surface area contributed by atoms with Crippen LogP contribution in [0.15, 0.2) is 85.1 Å². The number of H-pyrrole nitrogens is 1. The molecule has 0 aliphatic heterocycles. The fourth-order valence-electron chi connectivity index (χ4n) is 3.45. The number of aromatic amines is 1. The summed E-state index contributed by atoms with van der Waals surface area (Å²) in [6.07, 6.45) is 1.59. The molecule has 3 aromatic carbocycles. The first-order valence-corrected chi connectivity index (χ1v) is 9.87. The molecule has 0 bridgehead atoms. The van der Waals surface area contributed by atoms with Crippen LogP contribution < -0.4 is 10.1 Å². The molecule has 0 aliphatic rings. The highest BCUT2D eigenvalue weighted by atomic mass is 16.5. The fourth-order valence-corrected chi connectivity index (χ4v) is 3.45. The second-order valence-electron chi connectivity index (χ2n) is 7.01. The topological polar surface area (TPSA) is 80.4 Å². The molecule has 0 radical (unpaired) electrons. The molecule has 0 unspecified atom stereocenters. The van der Waals surface area contributed by atoms with Gasteiger partial charge in [0.1, 0.15) is 5.75 Å². The molecule has 156 valence electrons. The van der Waals surface area contributed by atoms with Crippen molar-refractivity contribution in [3.63, 3.8) is 0 Å². The van der Waals surface area contributed by atoms with Gasteiger partial charge < -0.3 is 19.8 Å². The van der Waals surface area contributed by atoms with Crippen LogP contribution in [0.3, 0.4) is 0 Å². The highest BCUT2D eigenvalue weighted by Gasteiger charge is 2.19. The van der Waals surface area contributed by atoms with Gasteiger partial charge in [0.2, 0.25) is 0 Å². The standard InChI is InChI=1S/C25H22N2O4/c1-30-19-13-11-18(12-14-19)24(17-7-3-2-4-8-17)27-23(28)16-31-25(29)21-15-26-22-10-6-5-9-20(21)22/h2-15,24,26H,16H2,1H3,(H,27,28)/t24-/m0/s1. The van der Waals surface area contributed by atoms with Crippen molar-refractivity contribution in [2.45, 2.75) is 6.04 Å². The maximum absolute atomic E-state index is 12.6. The number of methoxy groups -OCH3 is 1. The van der Waals surface area contributed by atoms with Crippen LogP contribution >= 0.6 is 0 Å². The van der Waals surface area contributed by atoms with Gasteiger partial charge in [-0.3, -0.25) is 4.79 Å². The average molecular weight is 414 g/mol. The summed E-state index contributed by atoms with van der Waals surface area (Å²) in [6.45, 7) is -0.377. The number of carbonyl (C=O) groups excluding carboxylic acids is 2. The maximum atomic E-state index is 12.6. The SMILES string of the molecule is COc1ccc([C@@H](NC(=O)COC(=O)c2c[nH]c3ccccc23)c2ccccc2)cc1. The van der Waals surface area contributed by atoms with Gasteiger partial charge in [0.25, 0.3) is 5.91 Å². The summed E-state index contributed by atoms with van der Waals surface area (Å²) in [7, 11) is 1.60. The van der Waals surface area contributed by atoms with E-state index < -0.39 is 11.9 Å².